The maximum Gasteiger partial charge on any atom is 0.280 e. The Kier molecular flexibility index (Phi) is 4.53. The van der Waals surface area contributed by atoms with Gasteiger partial charge in [0.2, 0.25) is 6.79 Å². The van der Waals surface area contributed by atoms with E-state index < -0.39 is 10.8 Å². The number of amides is 1. The summed E-state index contributed by atoms with van der Waals surface area (Å²) in [5.74, 6) is -0.0992. The molecule has 2 aromatic rings. The van der Waals surface area contributed by atoms with Gasteiger partial charge in [0.05, 0.1) is 16.6 Å². The van der Waals surface area contributed by atoms with Gasteiger partial charge in [-0.3, -0.25) is 14.9 Å². The first-order chi connectivity index (χ1) is 12.5. The Morgan fingerprint density at radius 3 is 2.54 bits per heavy atom. The van der Waals surface area contributed by atoms with Crippen LogP contribution in [0.25, 0.3) is 6.08 Å². The summed E-state index contributed by atoms with van der Waals surface area (Å²) in [6, 6.07) is 11.4. The van der Waals surface area contributed by atoms with E-state index in [1.54, 1.807) is 18.2 Å². The molecule has 1 heterocycles. The lowest BCUT2D eigenvalue weighted by molar-refractivity contribution is -0.385. The first-order valence-corrected chi connectivity index (χ1v) is 7.56. The van der Waals surface area contributed by atoms with Gasteiger partial charge in [-0.2, -0.15) is 5.26 Å². The fourth-order valence-electron chi connectivity index (χ4n) is 2.36. The third-order valence-corrected chi connectivity index (χ3v) is 3.69. The van der Waals surface area contributed by atoms with Gasteiger partial charge in [-0.15, -0.1) is 0 Å². The zero-order valence-corrected chi connectivity index (χ0v) is 13.7. The highest BCUT2D eigenvalue weighted by atomic mass is 16.7. The Morgan fingerprint density at radius 1 is 1.27 bits per heavy atom. The van der Waals surface area contributed by atoms with E-state index in [-0.39, 0.29) is 29.4 Å². The lowest BCUT2D eigenvalue weighted by atomic mass is 10.1. The summed E-state index contributed by atoms with van der Waals surface area (Å²) in [5.41, 5.74) is 1.06. The molecule has 0 bridgehead atoms. The van der Waals surface area contributed by atoms with Crippen molar-refractivity contribution in [1.82, 2.24) is 0 Å². The van der Waals surface area contributed by atoms with Crippen molar-refractivity contribution in [2.75, 3.05) is 12.1 Å². The molecule has 3 rings (SSSR count). The van der Waals surface area contributed by atoms with Crippen LogP contribution in [-0.2, 0) is 4.79 Å². The minimum atomic E-state index is -0.664. The van der Waals surface area contributed by atoms with Gasteiger partial charge in [0, 0.05) is 5.69 Å². The van der Waals surface area contributed by atoms with E-state index in [0.29, 0.717) is 11.4 Å². The van der Waals surface area contributed by atoms with Gasteiger partial charge >= 0.3 is 0 Å². The maximum atomic E-state index is 12.3. The summed E-state index contributed by atoms with van der Waals surface area (Å²) >= 11 is 0. The highest BCUT2D eigenvalue weighted by molar-refractivity contribution is 6.10. The van der Waals surface area contributed by atoms with E-state index in [4.69, 9.17) is 9.47 Å². The molecule has 1 aliphatic heterocycles. The van der Waals surface area contributed by atoms with Crippen molar-refractivity contribution in [3.63, 3.8) is 0 Å². The Hall–Kier alpha value is -3.86. The summed E-state index contributed by atoms with van der Waals surface area (Å²) in [4.78, 5) is 23.0. The number of nitrogens with zero attached hydrogens (tertiary/aromatic N) is 2. The molecule has 1 amide bonds. The Labute approximate surface area is 148 Å². The van der Waals surface area contributed by atoms with Gasteiger partial charge in [-0.1, -0.05) is 17.7 Å². The fourth-order valence-corrected chi connectivity index (χ4v) is 2.36. The van der Waals surface area contributed by atoms with Crippen LogP contribution in [0.4, 0.5) is 11.4 Å². The van der Waals surface area contributed by atoms with Crippen LogP contribution >= 0.6 is 0 Å². The van der Waals surface area contributed by atoms with Gasteiger partial charge in [0.1, 0.15) is 11.6 Å². The van der Waals surface area contributed by atoms with Crippen molar-refractivity contribution in [3.8, 4) is 17.6 Å². The van der Waals surface area contributed by atoms with Gasteiger partial charge < -0.3 is 14.8 Å². The number of fused-ring (bicyclic) bond motifs is 1. The molecule has 26 heavy (non-hydrogen) atoms. The van der Waals surface area contributed by atoms with Crippen molar-refractivity contribution >= 4 is 23.4 Å². The molecule has 0 radical (unpaired) electrons. The first kappa shape index (κ1) is 17.0. The molecule has 0 fully saturated rings. The molecular weight excluding hydrogens is 338 g/mol. The molecule has 0 saturated heterocycles. The second-order valence-corrected chi connectivity index (χ2v) is 5.51. The maximum absolute atomic E-state index is 12.3. The lowest BCUT2D eigenvalue weighted by Crippen LogP contribution is -2.13. The third kappa shape index (κ3) is 3.47. The average molecular weight is 351 g/mol. The van der Waals surface area contributed by atoms with Crippen LogP contribution in [0.2, 0.25) is 0 Å². The van der Waals surface area contributed by atoms with Crippen molar-refractivity contribution < 1.29 is 19.2 Å². The first-order valence-electron chi connectivity index (χ1n) is 7.56. The van der Waals surface area contributed by atoms with Crippen LogP contribution in [0.1, 0.15) is 11.1 Å². The van der Waals surface area contributed by atoms with Crippen molar-refractivity contribution in [2.45, 2.75) is 6.92 Å². The van der Waals surface area contributed by atoms with Crippen LogP contribution in [0.3, 0.4) is 0 Å². The summed E-state index contributed by atoms with van der Waals surface area (Å²) in [6.45, 7) is 1.86. The van der Waals surface area contributed by atoms with E-state index in [1.165, 1.54) is 12.1 Å². The monoisotopic (exact) mass is 351 g/mol. The summed E-state index contributed by atoms with van der Waals surface area (Å²) in [6.07, 6.45) is 1.16. The molecular formula is C18H13N3O5. The number of carbonyl (C=O) groups is 1. The van der Waals surface area contributed by atoms with E-state index in [1.807, 2.05) is 19.1 Å². The highest BCUT2D eigenvalue weighted by Crippen LogP contribution is 2.38. The zero-order valence-electron chi connectivity index (χ0n) is 13.7. The molecule has 130 valence electrons. The number of nitro groups is 1. The molecule has 2 aromatic carbocycles. The molecule has 0 spiro atoms. The largest absolute Gasteiger partial charge is 0.454 e. The number of ether oxygens (including phenoxy) is 2. The standard InChI is InChI=1S/C18H13N3O5/c1-11-2-4-14(5-3-11)20-18(22)13(9-19)6-12-7-16-17(26-10-25-16)8-15(12)21(23)24/h2-8H,10H2,1H3,(H,20,22)/b13-6-. The molecule has 1 N–H and O–H groups in total. The van der Waals surface area contributed by atoms with E-state index in [0.717, 1.165) is 11.6 Å². The zero-order chi connectivity index (χ0) is 18.7. The van der Waals surface area contributed by atoms with Crippen LogP contribution < -0.4 is 14.8 Å². The Morgan fingerprint density at radius 2 is 1.92 bits per heavy atom. The summed E-state index contributed by atoms with van der Waals surface area (Å²) in [5, 5.41) is 23.2. The quantitative estimate of drug-likeness (QED) is 0.391. The number of nitrogens with one attached hydrogen (secondary N) is 1. The highest BCUT2D eigenvalue weighted by Gasteiger charge is 2.23. The number of aryl methyl sites for hydroxylation is 1. The molecule has 0 atom stereocenters. The second-order valence-electron chi connectivity index (χ2n) is 5.51. The average Bonchev–Trinajstić information content (AvgIpc) is 3.08. The predicted octanol–water partition coefficient (Wildman–Crippen LogP) is 3.18. The minimum Gasteiger partial charge on any atom is -0.454 e. The summed E-state index contributed by atoms with van der Waals surface area (Å²) < 4.78 is 10.3. The molecule has 1 aliphatic rings. The molecule has 0 aromatic heterocycles. The number of hydrogen-bond acceptors (Lipinski definition) is 6. The number of carbonyl (C=O) groups excluding carboxylic acids is 1. The number of benzene rings is 2. The number of anilines is 1. The number of rotatable bonds is 4. The molecule has 0 saturated carbocycles. The fraction of sp³-hybridized carbons (Fsp3) is 0.111. The summed E-state index contributed by atoms with van der Waals surface area (Å²) in [7, 11) is 0. The predicted molar refractivity (Wildman–Crippen MR) is 92.6 cm³/mol. The van der Waals surface area contributed by atoms with Crippen molar-refractivity contribution in [2.24, 2.45) is 0 Å². The van der Waals surface area contributed by atoms with E-state index in [2.05, 4.69) is 5.32 Å². The Bertz CT molecular complexity index is 958. The van der Waals surface area contributed by atoms with Gasteiger partial charge in [0.15, 0.2) is 11.5 Å². The topological polar surface area (TPSA) is 114 Å². The van der Waals surface area contributed by atoms with E-state index >= 15 is 0 Å². The van der Waals surface area contributed by atoms with Gasteiger partial charge in [0.25, 0.3) is 11.6 Å². The van der Waals surface area contributed by atoms with Crippen LogP contribution in [0.5, 0.6) is 11.5 Å². The number of hydrogen-bond donors (Lipinski definition) is 1. The third-order valence-electron chi connectivity index (χ3n) is 3.69. The second kappa shape index (κ2) is 6.94. The van der Waals surface area contributed by atoms with Gasteiger partial charge in [-0.05, 0) is 31.2 Å². The molecule has 0 unspecified atom stereocenters. The normalized spacial score (nSPS) is 12.4. The van der Waals surface area contributed by atoms with Crippen LogP contribution in [0.15, 0.2) is 42.0 Å². The van der Waals surface area contributed by atoms with Crippen molar-refractivity contribution in [1.29, 1.82) is 5.26 Å². The molecule has 8 nitrogen and oxygen atoms in total. The van der Waals surface area contributed by atoms with Crippen LogP contribution in [-0.4, -0.2) is 17.6 Å². The van der Waals surface area contributed by atoms with E-state index in [9.17, 15) is 20.2 Å². The van der Waals surface area contributed by atoms with Crippen molar-refractivity contribution in [3.05, 3.63) is 63.2 Å². The smallest absolute Gasteiger partial charge is 0.280 e. The number of nitro benzene ring substituents is 1. The number of nitriles is 1. The van der Waals surface area contributed by atoms with Gasteiger partial charge in [-0.25, -0.2) is 0 Å². The molecule has 0 aliphatic carbocycles. The SMILES string of the molecule is Cc1ccc(NC(=O)/C(C#N)=C\c2cc3c(cc2[N+](=O)[O-])OCO3)cc1. The van der Waals surface area contributed by atoms with Crippen LogP contribution in [0, 0.1) is 28.4 Å². The Balaban J connectivity index is 1.93. The lowest BCUT2D eigenvalue weighted by Gasteiger charge is -2.05. The minimum absolute atomic E-state index is 0.0430. The molecule has 8 heteroatoms.